The summed E-state index contributed by atoms with van der Waals surface area (Å²) in [7, 11) is 0. The third-order valence-corrected chi connectivity index (χ3v) is 5.62. The van der Waals surface area contributed by atoms with Gasteiger partial charge in [0.25, 0.3) is 0 Å². The van der Waals surface area contributed by atoms with Crippen molar-refractivity contribution in [3.63, 3.8) is 0 Å². The van der Waals surface area contributed by atoms with Crippen molar-refractivity contribution < 1.29 is 9.53 Å². The molecule has 0 saturated carbocycles. The van der Waals surface area contributed by atoms with Gasteiger partial charge in [0.05, 0.1) is 0 Å². The van der Waals surface area contributed by atoms with Crippen LogP contribution >= 0.6 is 0 Å². The molecule has 1 aromatic rings. The molecular formula is C23H38N4O2. The Morgan fingerprint density at radius 2 is 1.90 bits per heavy atom. The monoisotopic (exact) mass is 402 g/mol. The van der Waals surface area contributed by atoms with E-state index in [1.807, 2.05) is 31.9 Å². The number of carbonyl (C=O) groups excluding carboxylic acids is 1. The number of aromatic nitrogens is 1. The zero-order valence-corrected chi connectivity index (χ0v) is 18.9. The number of likely N-dealkylation sites (tertiary alicyclic amines) is 1. The summed E-state index contributed by atoms with van der Waals surface area (Å²) in [5.74, 6) is 1.75. The molecule has 6 nitrogen and oxygen atoms in total. The van der Waals surface area contributed by atoms with Gasteiger partial charge in [-0.05, 0) is 52.1 Å². The van der Waals surface area contributed by atoms with Crippen LogP contribution in [0.4, 0.5) is 10.6 Å². The SMILES string of the molecule is CC(C)CN1CCCC[C@H]1c1cccnc1N1CCN(C(=O)OC(C)(C)C)CC1. The molecule has 2 fully saturated rings. The van der Waals surface area contributed by atoms with E-state index in [1.165, 1.54) is 31.4 Å². The summed E-state index contributed by atoms with van der Waals surface area (Å²) in [5, 5.41) is 0. The zero-order chi connectivity index (χ0) is 21.0. The normalized spacial score (nSPS) is 21.5. The Morgan fingerprint density at radius 3 is 2.55 bits per heavy atom. The quantitative estimate of drug-likeness (QED) is 0.751. The fourth-order valence-corrected chi connectivity index (χ4v) is 4.39. The second-order valence-electron chi connectivity index (χ2n) is 9.77. The second kappa shape index (κ2) is 9.33. The highest BCUT2D eigenvalue weighted by Crippen LogP contribution is 2.36. The van der Waals surface area contributed by atoms with E-state index in [1.54, 1.807) is 0 Å². The Hall–Kier alpha value is -1.82. The first-order valence-corrected chi connectivity index (χ1v) is 11.2. The van der Waals surface area contributed by atoms with Crippen LogP contribution in [0.3, 0.4) is 0 Å². The Labute approximate surface area is 176 Å². The number of piperidine rings is 1. The van der Waals surface area contributed by atoms with E-state index in [4.69, 9.17) is 9.72 Å². The van der Waals surface area contributed by atoms with E-state index < -0.39 is 5.60 Å². The predicted molar refractivity (Wildman–Crippen MR) is 117 cm³/mol. The minimum Gasteiger partial charge on any atom is -0.444 e. The van der Waals surface area contributed by atoms with Crippen molar-refractivity contribution >= 4 is 11.9 Å². The molecule has 0 N–H and O–H groups in total. The topological polar surface area (TPSA) is 48.9 Å². The van der Waals surface area contributed by atoms with E-state index in [9.17, 15) is 4.79 Å². The van der Waals surface area contributed by atoms with Crippen LogP contribution in [-0.2, 0) is 4.74 Å². The van der Waals surface area contributed by atoms with Crippen molar-refractivity contribution in [1.29, 1.82) is 0 Å². The van der Waals surface area contributed by atoms with Gasteiger partial charge in [-0.2, -0.15) is 0 Å². The molecule has 162 valence electrons. The van der Waals surface area contributed by atoms with Crippen LogP contribution in [0.15, 0.2) is 18.3 Å². The summed E-state index contributed by atoms with van der Waals surface area (Å²) >= 11 is 0. The number of hydrogen-bond donors (Lipinski definition) is 0. The summed E-state index contributed by atoms with van der Waals surface area (Å²) in [4.78, 5) is 24.0. The van der Waals surface area contributed by atoms with Gasteiger partial charge in [-0.3, -0.25) is 4.90 Å². The van der Waals surface area contributed by atoms with E-state index in [0.29, 0.717) is 25.0 Å². The first-order valence-electron chi connectivity index (χ1n) is 11.2. The van der Waals surface area contributed by atoms with Crippen molar-refractivity contribution in [2.24, 2.45) is 5.92 Å². The molecule has 29 heavy (non-hydrogen) atoms. The maximum atomic E-state index is 12.4. The molecule has 1 aromatic heterocycles. The third-order valence-electron chi connectivity index (χ3n) is 5.62. The smallest absolute Gasteiger partial charge is 0.410 e. The number of hydrogen-bond acceptors (Lipinski definition) is 5. The van der Waals surface area contributed by atoms with Gasteiger partial charge in [-0.1, -0.05) is 26.3 Å². The highest BCUT2D eigenvalue weighted by molar-refractivity contribution is 5.68. The summed E-state index contributed by atoms with van der Waals surface area (Å²) in [6.45, 7) is 15.6. The largest absolute Gasteiger partial charge is 0.444 e. The molecule has 0 bridgehead atoms. The molecule has 2 saturated heterocycles. The Balaban J connectivity index is 1.70. The van der Waals surface area contributed by atoms with Crippen molar-refractivity contribution in [3.05, 3.63) is 23.9 Å². The number of piperazine rings is 1. The molecule has 0 radical (unpaired) electrons. The average molecular weight is 403 g/mol. The molecule has 1 atom stereocenters. The molecular weight excluding hydrogens is 364 g/mol. The molecule has 2 aliphatic rings. The molecule has 3 rings (SSSR count). The lowest BCUT2D eigenvalue weighted by Gasteiger charge is -2.40. The molecule has 0 aliphatic carbocycles. The van der Waals surface area contributed by atoms with Gasteiger partial charge >= 0.3 is 6.09 Å². The Kier molecular flexibility index (Phi) is 7.04. The van der Waals surface area contributed by atoms with Crippen LogP contribution in [0.2, 0.25) is 0 Å². The van der Waals surface area contributed by atoms with Crippen LogP contribution in [0.1, 0.15) is 65.5 Å². The van der Waals surface area contributed by atoms with E-state index in [0.717, 1.165) is 25.5 Å². The molecule has 0 unspecified atom stereocenters. The lowest BCUT2D eigenvalue weighted by molar-refractivity contribution is 0.0240. The Bertz CT molecular complexity index is 678. The number of amides is 1. The van der Waals surface area contributed by atoms with Gasteiger partial charge in [0.2, 0.25) is 0 Å². The summed E-state index contributed by atoms with van der Waals surface area (Å²) < 4.78 is 5.53. The van der Waals surface area contributed by atoms with Crippen molar-refractivity contribution in [3.8, 4) is 0 Å². The molecule has 2 aliphatic heterocycles. The first-order chi connectivity index (χ1) is 13.7. The highest BCUT2D eigenvalue weighted by Gasteiger charge is 2.31. The minimum atomic E-state index is -0.455. The lowest BCUT2D eigenvalue weighted by Crippen LogP contribution is -2.50. The van der Waals surface area contributed by atoms with E-state index in [2.05, 4.69) is 35.8 Å². The zero-order valence-electron chi connectivity index (χ0n) is 18.9. The molecule has 6 heteroatoms. The fraction of sp³-hybridized carbons (Fsp3) is 0.739. The van der Waals surface area contributed by atoms with Gasteiger partial charge in [-0.15, -0.1) is 0 Å². The molecule has 3 heterocycles. The fourth-order valence-electron chi connectivity index (χ4n) is 4.39. The first kappa shape index (κ1) is 21.9. The van der Waals surface area contributed by atoms with Gasteiger partial charge in [0, 0.05) is 50.5 Å². The van der Waals surface area contributed by atoms with Gasteiger partial charge in [0.1, 0.15) is 11.4 Å². The van der Waals surface area contributed by atoms with E-state index >= 15 is 0 Å². The van der Waals surface area contributed by atoms with Crippen LogP contribution in [0.25, 0.3) is 0 Å². The number of rotatable bonds is 4. The maximum absolute atomic E-state index is 12.4. The summed E-state index contributed by atoms with van der Waals surface area (Å²) in [5.41, 5.74) is 0.891. The minimum absolute atomic E-state index is 0.214. The van der Waals surface area contributed by atoms with Gasteiger partial charge in [-0.25, -0.2) is 9.78 Å². The van der Waals surface area contributed by atoms with Gasteiger partial charge < -0.3 is 14.5 Å². The maximum Gasteiger partial charge on any atom is 0.410 e. The summed E-state index contributed by atoms with van der Waals surface area (Å²) in [6, 6.07) is 4.77. The Morgan fingerprint density at radius 1 is 1.17 bits per heavy atom. The predicted octanol–water partition coefficient (Wildman–Crippen LogP) is 4.32. The van der Waals surface area contributed by atoms with Crippen LogP contribution in [0, 0.1) is 5.92 Å². The number of pyridine rings is 1. The second-order valence-corrected chi connectivity index (χ2v) is 9.77. The number of ether oxygens (including phenoxy) is 1. The van der Waals surface area contributed by atoms with Gasteiger partial charge in [0.15, 0.2) is 0 Å². The van der Waals surface area contributed by atoms with Crippen LogP contribution < -0.4 is 4.90 Å². The molecule has 0 spiro atoms. The number of nitrogens with zero attached hydrogens (tertiary/aromatic N) is 4. The molecule has 0 aromatic carbocycles. The van der Waals surface area contributed by atoms with Crippen LogP contribution in [0.5, 0.6) is 0 Å². The van der Waals surface area contributed by atoms with Crippen molar-refractivity contribution in [1.82, 2.24) is 14.8 Å². The summed E-state index contributed by atoms with van der Waals surface area (Å²) in [6.07, 6.45) is 5.44. The third kappa shape index (κ3) is 5.84. The number of carbonyl (C=O) groups is 1. The highest BCUT2D eigenvalue weighted by atomic mass is 16.6. The van der Waals surface area contributed by atoms with E-state index in [-0.39, 0.29) is 6.09 Å². The standard InChI is InChI=1S/C23H38N4O2/c1-18(2)17-27-12-7-6-10-20(27)19-9-8-11-24-21(19)25-13-15-26(16-14-25)22(28)29-23(3,4)5/h8-9,11,18,20H,6-7,10,12-17H2,1-5H3/t20-/m0/s1. The molecule has 1 amide bonds. The lowest BCUT2D eigenvalue weighted by atomic mass is 9.94. The van der Waals surface area contributed by atoms with Crippen molar-refractivity contribution in [2.75, 3.05) is 44.2 Å². The number of anilines is 1. The average Bonchev–Trinajstić information content (AvgIpc) is 2.67. The van der Waals surface area contributed by atoms with Crippen LogP contribution in [-0.4, -0.2) is 65.7 Å². The van der Waals surface area contributed by atoms with Crippen molar-refractivity contribution in [2.45, 2.75) is 65.5 Å².